The normalized spacial score (nSPS) is 15.9. The monoisotopic (exact) mass is 579 g/mol. The van der Waals surface area contributed by atoms with Gasteiger partial charge in [0.25, 0.3) is 11.6 Å². The molecule has 190 valence electrons. The van der Waals surface area contributed by atoms with Crippen molar-refractivity contribution in [2.24, 2.45) is 0 Å². The smallest absolute Gasteiger partial charge is 0.269 e. The minimum atomic E-state index is -0.426. The van der Waals surface area contributed by atoms with Gasteiger partial charge in [-0.15, -0.1) is 6.58 Å². The second-order valence-electron chi connectivity index (χ2n) is 8.37. The van der Waals surface area contributed by atoms with Crippen LogP contribution in [0.15, 0.2) is 82.7 Å². The topological polar surface area (TPSA) is 93.5 Å². The second kappa shape index (κ2) is 12.1. The Hall–Kier alpha value is -3.56. The third-order valence-electron chi connectivity index (χ3n) is 5.70. The van der Waals surface area contributed by atoms with Crippen LogP contribution in [0.1, 0.15) is 29.2 Å². The van der Waals surface area contributed by atoms with Crippen LogP contribution in [0.3, 0.4) is 0 Å². The summed E-state index contributed by atoms with van der Waals surface area (Å²) in [5.41, 5.74) is 4.38. The minimum absolute atomic E-state index is 0.0200. The fourth-order valence-electron chi connectivity index (χ4n) is 3.85. The van der Waals surface area contributed by atoms with Crippen LogP contribution in [-0.2, 0) is 24.2 Å². The fourth-order valence-corrected chi connectivity index (χ4v) is 5.46. The summed E-state index contributed by atoms with van der Waals surface area (Å²) >= 11 is 5.02. The number of non-ortho nitro benzene ring substituents is 1. The van der Waals surface area contributed by atoms with Gasteiger partial charge in [0.1, 0.15) is 12.4 Å². The number of carbonyl (C=O) groups is 1. The van der Waals surface area contributed by atoms with Gasteiger partial charge >= 0.3 is 0 Å². The summed E-state index contributed by atoms with van der Waals surface area (Å²) in [6.45, 7) is 6.13. The lowest BCUT2D eigenvalue weighted by atomic mass is 10.1. The van der Waals surface area contributed by atoms with Crippen LogP contribution in [0.25, 0.3) is 6.08 Å². The molecule has 0 radical (unpaired) electrons. The fraction of sp³-hybridized carbons (Fsp3) is 0.179. The number of aryl methyl sites for hydroxylation is 1. The van der Waals surface area contributed by atoms with Gasteiger partial charge in [0.05, 0.1) is 14.3 Å². The quantitative estimate of drug-likeness (QED) is 0.118. The van der Waals surface area contributed by atoms with E-state index in [2.05, 4.69) is 52.2 Å². The first kappa shape index (κ1) is 26.5. The Morgan fingerprint density at radius 1 is 1.19 bits per heavy atom. The highest BCUT2D eigenvalue weighted by Crippen LogP contribution is 2.35. The zero-order chi connectivity index (χ0) is 26.4. The Bertz CT molecular complexity index is 1360. The number of amides is 1. The first-order chi connectivity index (χ1) is 17.9. The number of rotatable bonds is 10. The van der Waals surface area contributed by atoms with E-state index in [1.54, 1.807) is 18.2 Å². The van der Waals surface area contributed by atoms with Crippen LogP contribution in [0.4, 0.5) is 11.4 Å². The van der Waals surface area contributed by atoms with E-state index in [0.717, 1.165) is 27.7 Å². The molecule has 1 saturated heterocycles. The molecule has 1 heterocycles. The molecule has 4 rings (SSSR count). The average molecular weight is 581 g/mol. The van der Waals surface area contributed by atoms with Crippen molar-refractivity contribution in [1.29, 1.82) is 0 Å². The third kappa shape index (κ3) is 6.81. The molecule has 1 amide bonds. The van der Waals surface area contributed by atoms with Crippen LogP contribution in [-0.4, -0.2) is 16.3 Å². The number of ether oxygens (including phenoxy) is 1. The molecule has 2 N–H and O–H groups in total. The number of hydrogen-bond donors (Lipinski definition) is 2. The highest BCUT2D eigenvalue weighted by atomic mass is 79.9. The van der Waals surface area contributed by atoms with Crippen LogP contribution in [0, 0.1) is 10.1 Å². The van der Waals surface area contributed by atoms with Gasteiger partial charge in [-0.3, -0.25) is 14.9 Å². The summed E-state index contributed by atoms with van der Waals surface area (Å²) in [7, 11) is 0. The van der Waals surface area contributed by atoms with Crippen molar-refractivity contribution in [3.05, 3.63) is 115 Å². The number of thioether (sulfide) groups is 1. The van der Waals surface area contributed by atoms with Gasteiger partial charge in [-0.25, -0.2) is 0 Å². The number of hydrogen-bond acceptors (Lipinski definition) is 6. The van der Waals surface area contributed by atoms with E-state index >= 15 is 0 Å². The molecule has 1 aliphatic rings. The predicted molar refractivity (Wildman–Crippen MR) is 152 cm³/mol. The molecule has 3 aromatic rings. The summed E-state index contributed by atoms with van der Waals surface area (Å²) in [4.78, 5) is 23.9. The largest absolute Gasteiger partial charge is 0.487 e. The molecule has 0 spiro atoms. The van der Waals surface area contributed by atoms with Gasteiger partial charge in [-0.2, -0.15) is 0 Å². The Balaban J connectivity index is 1.50. The van der Waals surface area contributed by atoms with Gasteiger partial charge in [0.15, 0.2) is 5.50 Å². The van der Waals surface area contributed by atoms with E-state index in [4.69, 9.17) is 4.74 Å². The maximum Gasteiger partial charge on any atom is 0.269 e. The number of nitro groups is 1. The number of carbonyl (C=O) groups excluding carboxylic acids is 1. The molecule has 7 nitrogen and oxygen atoms in total. The molecule has 1 atom stereocenters. The zero-order valence-corrected chi connectivity index (χ0v) is 22.6. The Kier molecular flexibility index (Phi) is 8.68. The van der Waals surface area contributed by atoms with Crippen molar-refractivity contribution in [3.8, 4) is 5.75 Å². The number of nitrogens with zero attached hydrogens (tertiary/aromatic N) is 1. The maximum atomic E-state index is 12.6. The highest BCUT2D eigenvalue weighted by Gasteiger charge is 2.27. The predicted octanol–water partition coefficient (Wildman–Crippen LogP) is 6.83. The number of nitro benzene ring substituents is 1. The van der Waals surface area contributed by atoms with Gasteiger partial charge in [0, 0.05) is 17.8 Å². The number of anilines is 1. The molecular weight excluding hydrogens is 554 g/mol. The van der Waals surface area contributed by atoms with Gasteiger partial charge in [0.2, 0.25) is 0 Å². The van der Waals surface area contributed by atoms with Crippen LogP contribution < -0.4 is 15.4 Å². The zero-order valence-electron chi connectivity index (χ0n) is 20.2. The van der Waals surface area contributed by atoms with E-state index < -0.39 is 4.92 Å². The van der Waals surface area contributed by atoms with Crippen molar-refractivity contribution in [3.63, 3.8) is 0 Å². The molecule has 0 bridgehead atoms. The van der Waals surface area contributed by atoms with Crippen LogP contribution in [0.5, 0.6) is 5.75 Å². The minimum Gasteiger partial charge on any atom is -0.487 e. The molecule has 0 saturated carbocycles. The van der Waals surface area contributed by atoms with Crippen molar-refractivity contribution in [2.75, 3.05) is 5.32 Å². The van der Waals surface area contributed by atoms with Crippen molar-refractivity contribution in [1.82, 2.24) is 5.32 Å². The van der Waals surface area contributed by atoms with Crippen molar-refractivity contribution < 1.29 is 14.5 Å². The summed E-state index contributed by atoms with van der Waals surface area (Å²) in [5.74, 6) is 0.493. The molecule has 0 unspecified atom stereocenters. The lowest BCUT2D eigenvalue weighted by molar-refractivity contribution is -0.384. The number of nitrogens with one attached hydrogen (secondary N) is 2. The van der Waals surface area contributed by atoms with Crippen molar-refractivity contribution >= 4 is 51.0 Å². The molecule has 0 aliphatic carbocycles. The Labute approximate surface area is 228 Å². The first-order valence-electron chi connectivity index (χ1n) is 11.7. The van der Waals surface area contributed by atoms with E-state index in [-0.39, 0.29) is 23.7 Å². The van der Waals surface area contributed by atoms with Crippen molar-refractivity contribution in [2.45, 2.75) is 31.9 Å². The maximum absolute atomic E-state index is 12.6. The summed E-state index contributed by atoms with van der Waals surface area (Å²) in [6.07, 6.45) is 5.16. The Morgan fingerprint density at radius 3 is 2.68 bits per heavy atom. The van der Waals surface area contributed by atoms with Crippen LogP contribution >= 0.6 is 27.7 Å². The third-order valence-corrected chi connectivity index (χ3v) is 7.32. The Morgan fingerprint density at radius 2 is 1.97 bits per heavy atom. The lowest BCUT2D eigenvalue weighted by Gasteiger charge is -2.14. The summed E-state index contributed by atoms with van der Waals surface area (Å²) in [6, 6.07) is 18.4. The molecular formula is C28H26BrN3O4S. The molecule has 9 heteroatoms. The second-order valence-corrected chi connectivity index (χ2v) is 10.4. The van der Waals surface area contributed by atoms with E-state index in [1.807, 2.05) is 30.3 Å². The summed E-state index contributed by atoms with van der Waals surface area (Å²) in [5, 5.41) is 17.4. The first-order valence-corrected chi connectivity index (χ1v) is 13.4. The lowest BCUT2D eigenvalue weighted by Crippen LogP contribution is -2.30. The van der Waals surface area contributed by atoms with Gasteiger partial charge in [-0.05, 0) is 81.4 Å². The SMILES string of the molecule is C=CCc1cc(/C=C2\S[C@H](Nc3ccc(CC)cc3)NC2=O)cc(Br)c1OCc1cccc([N+](=O)[O-])c1. The number of benzene rings is 3. The number of halogens is 1. The summed E-state index contributed by atoms with van der Waals surface area (Å²) < 4.78 is 6.78. The average Bonchev–Trinajstić information content (AvgIpc) is 3.22. The van der Waals surface area contributed by atoms with E-state index in [9.17, 15) is 14.9 Å². The molecule has 1 aliphatic heterocycles. The molecule has 0 aromatic heterocycles. The van der Waals surface area contributed by atoms with E-state index in [1.165, 1.54) is 29.5 Å². The van der Waals surface area contributed by atoms with Gasteiger partial charge < -0.3 is 15.4 Å². The number of allylic oxidation sites excluding steroid dienone is 1. The molecule has 1 fully saturated rings. The standard InChI is InChI=1S/C28H26BrN3O4S/c1-3-6-21-13-20(15-24(29)26(21)36-17-19-7-5-8-23(14-19)32(34)35)16-25-27(33)31-28(37-25)30-22-11-9-18(4-2)10-12-22/h3,5,7-16,28,30H,1,4,6,17H2,2H3,(H,31,33)/b25-16-/t28-/m1/s1. The molecule has 3 aromatic carbocycles. The molecule has 37 heavy (non-hydrogen) atoms. The van der Waals surface area contributed by atoms with Gasteiger partial charge in [-0.1, -0.05) is 49.0 Å². The highest BCUT2D eigenvalue weighted by molar-refractivity contribution is 9.10. The van der Waals surface area contributed by atoms with E-state index in [0.29, 0.717) is 22.6 Å². The van der Waals surface area contributed by atoms with Crippen LogP contribution in [0.2, 0.25) is 0 Å².